The lowest BCUT2D eigenvalue weighted by atomic mass is 9.95. The zero-order valence-electron chi connectivity index (χ0n) is 8.33. The van der Waals surface area contributed by atoms with Crippen LogP contribution in [0.15, 0.2) is 11.6 Å². The van der Waals surface area contributed by atoms with E-state index in [1.165, 1.54) is 25.7 Å². The second-order valence-electron chi connectivity index (χ2n) is 4.26. The maximum Gasteiger partial charge on any atom is 0.0636 e. The lowest BCUT2D eigenvalue weighted by Crippen LogP contribution is -2.17. The topological polar surface area (TPSA) is 35.2 Å². The Kier molecular flexibility index (Phi) is 2.70. The van der Waals surface area contributed by atoms with Gasteiger partial charge in [0, 0.05) is 19.1 Å². The predicted octanol–water partition coefficient (Wildman–Crippen LogP) is 1.85. The highest BCUT2D eigenvalue weighted by Crippen LogP contribution is 2.37. The number of hydrogen-bond acceptors (Lipinski definition) is 2. The Morgan fingerprint density at radius 1 is 1.38 bits per heavy atom. The fourth-order valence-electron chi connectivity index (χ4n) is 2.72. The first-order chi connectivity index (χ1) is 6.31. The SMILES string of the molecule is COC1CCCC1C1=CC(N)CC1. The van der Waals surface area contributed by atoms with E-state index >= 15 is 0 Å². The van der Waals surface area contributed by atoms with Crippen LogP contribution in [0.1, 0.15) is 32.1 Å². The van der Waals surface area contributed by atoms with Gasteiger partial charge < -0.3 is 10.5 Å². The summed E-state index contributed by atoms with van der Waals surface area (Å²) < 4.78 is 5.49. The zero-order chi connectivity index (χ0) is 9.26. The lowest BCUT2D eigenvalue weighted by molar-refractivity contribution is 0.0820. The Labute approximate surface area is 80.1 Å². The molecule has 0 spiro atoms. The summed E-state index contributed by atoms with van der Waals surface area (Å²) in [7, 11) is 1.83. The summed E-state index contributed by atoms with van der Waals surface area (Å²) in [6.07, 6.45) is 8.92. The molecule has 3 unspecified atom stereocenters. The van der Waals surface area contributed by atoms with Gasteiger partial charge >= 0.3 is 0 Å². The van der Waals surface area contributed by atoms with Gasteiger partial charge in [-0.2, -0.15) is 0 Å². The van der Waals surface area contributed by atoms with Crippen molar-refractivity contribution < 1.29 is 4.74 Å². The normalized spacial score (nSPS) is 39.5. The lowest BCUT2D eigenvalue weighted by Gasteiger charge is -2.19. The van der Waals surface area contributed by atoms with E-state index in [1.54, 1.807) is 5.57 Å². The first-order valence-electron chi connectivity index (χ1n) is 5.30. The summed E-state index contributed by atoms with van der Waals surface area (Å²) in [5.74, 6) is 0.679. The van der Waals surface area contributed by atoms with Gasteiger partial charge in [0.25, 0.3) is 0 Å². The largest absolute Gasteiger partial charge is 0.381 e. The van der Waals surface area contributed by atoms with Crippen molar-refractivity contribution in [2.45, 2.75) is 44.2 Å². The molecule has 74 valence electrons. The molecule has 0 bridgehead atoms. The molecule has 0 aromatic rings. The van der Waals surface area contributed by atoms with E-state index in [-0.39, 0.29) is 0 Å². The maximum atomic E-state index is 5.86. The molecule has 1 fully saturated rings. The van der Waals surface area contributed by atoms with Crippen molar-refractivity contribution in [3.63, 3.8) is 0 Å². The van der Waals surface area contributed by atoms with Gasteiger partial charge in [0.2, 0.25) is 0 Å². The van der Waals surface area contributed by atoms with Crippen LogP contribution >= 0.6 is 0 Å². The van der Waals surface area contributed by atoms with Crippen LogP contribution in [0.2, 0.25) is 0 Å². The number of nitrogens with two attached hydrogens (primary N) is 1. The van der Waals surface area contributed by atoms with Gasteiger partial charge in [-0.25, -0.2) is 0 Å². The summed E-state index contributed by atoms with van der Waals surface area (Å²) in [6.45, 7) is 0. The molecular weight excluding hydrogens is 162 g/mol. The van der Waals surface area contributed by atoms with Crippen molar-refractivity contribution in [3.8, 4) is 0 Å². The van der Waals surface area contributed by atoms with Crippen molar-refractivity contribution >= 4 is 0 Å². The first kappa shape index (κ1) is 9.22. The number of rotatable bonds is 2. The molecule has 0 aromatic carbocycles. The summed E-state index contributed by atoms with van der Waals surface area (Å²) in [4.78, 5) is 0. The summed E-state index contributed by atoms with van der Waals surface area (Å²) >= 11 is 0. The number of ether oxygens (including phenoxy) is 1. The van der Waals surface area contributed by atoms with E-state index in [0.717, 1.165) is 6.42 Å². The Hall–Kier alpha value is -0.340. The minimum Gasteiger partial charge on any atom is -0.381 e. The summed E-state index contributed by atoms with van der Waals surface area (Å²) in [5, 5.41) is 0. The minimum absolute atomic E-state index is 0.313. The predicted molar refractivity (Wildman–Crippen MR) is 53.4 cm³/mol. The van der Waals surface area contributed by atoms with Gasteiger partial charge in [-0.15, -0.1) is 0 Å². The molecule has 0 radical (unpaired) electrons. The smallest absolute Gasteiger partial charge is 0.0636 e. The molecule has 2 heteroatoms. The van der Waals surface area contributed by atoms with Gasteiger partial charge in [0.1, 0.15) is 0 Å². The molecule has 0 aromatic heterocycles. The van der Waals surface area contributed by atoms with Crippen molar-refractivity contribution in [1.82, 2.24) is 0 Å². The van der Waals surface area contributed by atoms with Crippen LogP contribution in [0.25, 0.3) is 0 Å². The van der Waals surface area contributed by atoms with E-state index in [1.807, 2.05) is 7.11 Å². The van der Waals surface area contributed by atoms with Crippen LogP contribution in [-0.2, 0) is 4.74 Å². The molecule has 0 saturated heterocycles. The molecule has 2 rings (SSSR count). The van der Waals surface area contributed by atoms with Gasteiger partial charge in [-0.3, -0.25) is 0 Å². The van der Waals surface area contributed by atoms with Gasteiger partial charge in [0.15, 0.2) is 0 Å². The van der Waals surface area contributed by atoms with Crippen LogP contribution in [0.3, 0.4) is 0 Å². The fourth-order valence-corrected chi connectivity index (χ4v) is 2.72. The van der Waals surface area contributed by atoms with Crippen LogP contribution < -0.4 is 5.73 Å². The molecule has 2 aliphatic carbocycles. The first-order valence-corrected chi connectivity index (χ1v) is 5.30. The van der Waals surface area contributed by atoms with Crippen molar-refractivity contribution in [2.75, 3.05) is 7.11 Å². The molecule has 0 amide bonds. The summed E-state index contributed by atoms with van der Waals surface area (Å²) in [6, 6.07) is 0.313. The molecule has 0 aliphatic heterocycles. The van der Waals surface area contributed by atoms with E-state index in [0.29, 0.717) is 18.1 Å². The molecule has 2 nitrogen and oxygen atoms in total. The Bertz CT molecular complexity index is 212. The van der Waals surface area contributed by atoms with Crippen LogP contribution in [0.5, 0.6) is 0 Å². The quantitative estimate of drug-likeness (QED) is 0.660. The Balaban J connectivity index is 2.03. The van der Waals surface area contributed by atoms with Crippen LogP contribution in [0, 0.1) is 5.92 Å². The standard InChI is InChI=1S/C11H19NO/c1-13-11-4-2-3-10(11)8-5-6-9(12)7-8/h7,9-11H,2-6,12H2,1H3. The molecule has 0 heterocycles. The molecule has 1 saturated carbocycles. The van der Waals surface area contributed by atoms with Crippen LogP contribution in [-0.4, -0.2) is 19.3 Å². The van der Waals surface area contributed by atoms with Crippen molar-refractivity contribution in [3.05, 3.63) is 11.6 Å². The highest BCUT2D eigenvalue weighted by Gasteiger charge is 2.31. The van der Waals surface area contributed by atoms with Crippen LogP contribution in [0.4, 0.5) is 0 Å². The highest BCUT2D eigenvalue weighted by atomic mass is 16.5. The molecule has 3 atom stereocenters. The minimum atomic E-state index is 0.313. The second kappa shape index (κ2) is 3.81. The third kappa shape index (κ3) is 1.79. The molecular formula is C11H19NO. The number of methoxy groups -OCH3 is 1. The molecule has 2 aliphatic rings. The zero-order valence-corrected chi connectivity index (χ0v) is 8.33. The van der Waals surface area contributed by atoms with E-state index in [2.05, 4.69) is 6.08 Å². The van der Waals surface area contributed by atoms with E-state index < -0.39 is 0 Å². The second-order valence-corrected chi connectivity index (χ2v) is 4.26. The monoisotopic (exact) mass is 181 g/mol. The molecule has 13 heavy (non-hydrogen) atoms. The van der Waals surface area contributed by atoms with Gasteiger partial charge in [-0.05, 0) is 25.7 Å². The third-order valence-electron chi connectivity index (χ3n) is 3.43. The van der Waals surface area contributed by atoms with Crippen molar-refractivity contribution in [2.24, 2.45) is 11.7 Å². The third-order valence-corrected chi connectivity index (χ3v) is 3.43. The van der Waals surface area contributed by atoms with E-state index in [9.17, 15) is 0 Å². The van der Waals surface area contributed by atoms with Gasteiger partial charge in [-0.1, -0.05) is 18.1 Å². The van der Waals surface area contributed by atoms with Gasteiger partial charge in [0.05, 0.1) is 6.10 Å². The van der Waals surface area contributed by atoms with Crippen molar-refractivity contribution in [1.29, 1.82) is 0 Å². The highest BCUT2D eigenvalue weighted by molar-refractivity contribution is 5.19. The average molecular weight is 181 g/mol. The maximum absolute atomic E-state index is 5.86. The average Bonchev–Trinajstić information content (AvgIpc) is 2.71. The summed E-state index contributed by atoms with van der Waals surface area (Å²) in [5.41, 5.74) is 7.43. The fraction of sp³-hybridized carbons (Fsp3) is 0.818. The Morgan fingerprint density at radius 3 is 2.85 bits per heavy atom. The molecule has 2 N–H and O–H groups in total. The number of hydrogen-bond donors (Lipinski definition) is 1. The van der Waals surface area contributed by atoms with E-state index in [4.69, 9.17) is 10.5 Å². The Morgan fingerprint density at radius 2 is 2.23 bits per heavy atom.